The van der Waals surface area contributed by atoms with Gasteiger partial charge in [0.25, 0.3) is 0 Å². The minimum atomic E-state index is -0.799. The summed E-state index contributed by atoms with van der Waals surface area (Å²) in [5, 5.41) is 0.692. The number of hydrogen-bond acceptors (Lipinski definition) is 0. The van der Waals surface area contributed by atoms with Crippen molar-refractivity contribution < 1.29 is 0 Å². The summed E-state index contributed by atoms with van der Waals surface area (Å²) < 4.78 is 0. The van der Waals surface area contributed by atoms with Crippen molar-refractivity contribution in [2.24, 2.45) is 11.8 Å². The van der Waals surface area contributed by atoms with Crippen molar-refractivity contribution in [3.63, 3.8) is 0 Å². The van der Waals surface area contributed by atoms with Crippen molar-refractivity contribution in [3.05, 3.63) is 106 Å². The Kier molecular flexibility index (Phi) is 4.73. The molecule has 0 radical (unpaired) electrons. The number of halogens is 2. The van der Waals surface area contributed by atoms with E-state index in [1.54, 1.807) is 0 Å². The third-order valence-corrected chi connectivity index (χ3v) is 7.71. The van der Waals surface area contributed by atoms with Crippen LogP contribution in [0.25, 0.3) is 0 Å². The lowest BCUT2D eigenvalue weighted by Gasteiger charge is -2.30. The van der Waals surface area contributed by atoms with E-state index in [9.17, 15) is 0 Å². The molecule has 3 unspecified atom stereocenters. The van der Waals surface area contributed by atoms with Crippen molar-refractivity contribution in [2.45, 2.75) is 36.5 Å². The van der Waals surface area contributed by atoms with Crippen molar-refractivity contribution >= 4 is 23.2 Å². The molecule has 0 spiro atoms. The van der Waals surface area contributed by atoms with Gasteiger partial charge in [-0.2, -0.15) is 0 Å². The minimum Gasteiger partial charge on any atom is -0.103 e. The van der Waals surface area contributed by atoms with Crippen LogP contribution in [0, 0.1) is 11.8 Å². The summed E-state index contributed by atoms with van der Waals surface area (Å²) in [6.07, 6.45) is 5.55. The third-order valence-electron chi connectivity index (χ3n) is 6.74. The van der Waals surface area contributed by atoms with Crippen LogP contribution >= 0.6 is 23.2 Å². The Morgan fingerprint density at radius 2 is 1.36 bits per heavy atom. The molecule has 0 aliphatic heterocycles. The van der Waals surface area contributed by atoms with Gasteiger partial charge in [-0.25, -0.2) is 0 Å². The number of rotatable bonds is 4. The summed E-state index contributed by atoms with van der Waals surface area (Å²) in [7, 11) is 0. The van der Waals surface area contributed by atoms with Gasteiger partial charge in [-0.3, -0.25) is 0 Å². The van der Waals surface area contributed by atoms with E-state index in [2.05, 4.69) is 36.4 Å². The molecule has 0 heterocycles. The van der Waals surface area contributed by atoms with Crippen LogP contribution in [0.1, 0.15) is 53.9 Å². The van der Waals surface area contributed by atoms with E-state index in [1.807, 2.05) is 42.5 Å². The number of hydrogen-bond donors (Lipinski definition) is 0. The molecule has 0 amide bonds. The summed E-state index contributed by atoms with van der Waals surface area (Å²) in [6, 6.07) is 27.1. The van der Waals surface area contributed by atoms with E-state index < -0.39 is 4.87 Å². The van der Waals surface area contributed by atoms with Crippen molar-refractivity contribution in [1.29, 1.82) is 0 Å². The van der Waals surface area contributed by atoms with Crippen LogP contribution < -0.4 is 0 Å². The highest BCUT2D eigenvalue weighted by Crippen LogP contribution is 2.54. The zero-order valence-corrected chi connectivity index (χ0v) is 17.3. The number of alkyl halides is 1. The molecule has 2 saturated carbocycles. The lowest BCUT2D eigenvalue weighted by Crippen LogP contribution is -2.23. The predicted molar refractivity (Wildman–Crippen MR) is 118 cm³/mol. The Bertz CT molecular complexity index is 963. The van der Waals surface area contributed by atoms with Crippen LogP contribution in [-0.4, -0.2) is 0 Å². The molecule has 0 nitrogen and oxygen atoms in total. The Hall–Kier alpha value is -1.76. The lowest BCUT2D eigenvalue weighted by molar-refractivity contribution is 0.423. The van der Waals surface area contributed by atoms with Crippen LogP contribution in [-0.2, 0) is 4.87 Å². The smallest absolute Gasteiger partial charge is 0.103 e. The molecule has 0 N–H and O–H groups in total. The van der Waals surface area contributed by atoms with Gasteiger partial charge in [0.1, 0.15) is 4.87 Å². The summed E-state index contributed by atoms with van der Waals surface area (Å²) >= 11 is 14.0. The summed E-state index contributed by atoms with van der Waals surface area (Å²) in [5.41, 5.74) is 4.49. The SMILES string of the molecule is Clc1ccccc1C(Cl)(c1ccccc1)c1ccc(C2CC[C@@H]3CC3C2)cc1. The topological polar surface area (TPSA) is 0 Å². The largest absolute Gasteiger partial charge is 0.121 e. The molecule has 0 bridgehead atoms. The van der Waals surface area contributed by atoms with Crippen LogP contribution in [0.3, 0.4) is 0 Å². The molecule has 3 aromatic rings. The highest BCUT2D eigenvalue weighted by molar-refractivity contribution is 6.34. The molecule has 0 aromatic heterocycles. The fraction of sp³-hybridized carbons (Fsp3) is 0.308. The Balaban J connectivity index is 1.55. The van der Waals surface area contributed by atoms with Crippen LogP contribution in [0.4, 0.5) is 0 Å². The van der Waals surface area contributed by atoms with Crippen LogP contribution in [0.2, 0.25) is 5.02 Å². The van der Waals surface area contributed by atoms with Gasteiger partial charge in [0.05, 0.1) is 0 Å². The maximum atomic E-state index is 7.40. The van der Waals surface area contributed by atoms with Gasteiger partial charge >= 0.3 is 0 Å². The maximum absolute atomic E-state index is 7.40. The highest BCUT2D eigenvalue weighted by atomic mass is 35.5. The van der Waals surface area contributed by atoms with Gasteiger partial charge in [-0.15, -0.1) is 11.6 Å². The maximum Gasteiger partial charge on any atom is 0.121 e. The predicted octanol–water partition coefficient (Wildman–Crippen LogP) is 7.77. The molecule has 142 valence electrons. The van der Waals surface area contributed by atoms with Crippen molar-refractivity contribution in [1.82, 2.24) is 0 Å². The van der Waals surface area contributed by atoms with E-state index in [1.165, 1.54) is 31.2 Å². The standard InChI is InChI=1S/C26H24Cl2/c27-25-9-5-4-8-24(25)26(28,22-6-2-1-3-7-22)23-14-12-18(13-15-23)19-10-11-20-17-21(20)16-19/h1-9,12-15,19-21H,10-11,16-17H2/t19?,20-,21?,26?/m1/s1. The molecule has 4 atom stereocenters. The average Bonchev–Trinajstić information content (AvgIpc) is 3.53. The zero-order valence-electron chi connectivity index (χ0n) is 15.8. The van der Waals surface area contributed by atoms with E-state index in [0.29, 0.717) is 10.9 Å². The quantitative estimate of drug-likeness (QED) is 0.306. The number of benzene rings is 3. The highest BCUT2D eigenvalue weighted by Gasteiger charge is 2.42. The molecule has 0 saturated heterocycles. The fourth-order valence-electron chi connectivity index (χ4n) is 5.02. The Morgan fingerprint density at radius 3 is 2.07 bits per heavy atom. The van der Waals surface area contributed by atoms with Crippen molar-refractivity contribution in [3.8, 4) is 0 Å². The van der Waals surface area contributed by atoms with E-state index in [0.717, 1.165) is 28.5 Å². The van der Waals surface area contributed by atoms with E-state index in [-0.39, 0.29) is 0 Å². The van der Waals surface area contributed by atoms with Gasteiger partial charge in [-0.1, -0.05) is 84.4 Å². The Labute approximate surface area is 177 Å². The molecule has 2 aliphatic rings. The first-order chi connectivity index (χ1) is 13.7. The monoisotopic (exact) mass is 406 g/mol. The normalized spacial score (nSPS) is 25.6. The van der Waals surface area contributed by atoms with E-state index in [4.69, 9.17) is 23.2 Å². The minimum absolute atomic E-state index is 0.692. The average molecular weight is 407 g/mol. The second kappa shape index (κ2) is 7.25. The van der Waals surface area contributed by atoms with Gasteiger partial charge in [0.15, 0.2) is 0 Å². The number of fused-ring (bicyclic) bond motifs is 1. The second-order valence-corrected chi connectivity index (χ2v) is 9.37. The van der Waals surface area contributed by atoms with Gasteiger partial charge in [0.2, 0.25) is 0 Å². The third kappa shape index (κ3) is 3.17. The van der Waals surface area contributed by atoms with Gasteiger partial charge < -0.3 is 0 Å². The zero-order chi connectivity index (χ0) is 19.1. The molecule has 2 fully saturated rings. The first-order valence-electron chi connectivity index (χ1n) is 10.3. The van der Waals surface area contributed by atoms with Crippen molar-refractivity contribution in [2.75, 3.05) is 0 Å². The molecule has 5 rings (SSSR count). The van der Waals surface area contributed by atoms with Crippen LogP contribution in [0.5, 0.6) is 0 Å². The first-order valence-corrected chi connectivity index (χ1v) is 11.0. The van der Waals surface area contributed by atoms with Gasteiger partial charge in [0, 0.05) is 10.6 Å². The summed E-state index contributed by atoms with van der Waals surface area (Å²) in [4.78, 5) is -0.799. The fourth-order valence-corrected chi connectivity index (χ4v) is 5.77. The molecule has 28 heavy (non-hydrogen) atoms. The molecule has 2 aliphatic carbocycles. The molecular formula is C26H24Cl2. The molecule has 3 aromatic carbocycles. The van der Waals surface area contributed by atoms with Gasteiger partial charge in [-0.05, 0) is 66.2 Å². The second-order valence-electron chi connectivity index (χ2n) is 8.39. The van der Waals surface area contributed by atoms with Crippen LogP contribution in [0.15, 0.2) is 78.9 Å². The summed E-state index contributed by atoms with van der Waals surface area (Å²) in [5.74, 6) is 2.72. The molecular weight excluding hydrogens is 383 g/mol. The summed E-state index contributed by atoms with van der Waals surface area (Å²) in [6.45, 7) is 0. The first kappa shape index (κ1) is 18.3. The molecule has 2 heteroatoms. The lowest BCUT2D eigenvalue weighted by atomic mass is 9.81. The Morgan fingerprint density at radius 1 is 0.679 bits per heavy atom. The van der Waals surface area contributed by atoms with E-state index >= 15 is 0 Å².